The largest absolute Gasteiger partial charge is 0.493 e. The van der Waals surface area contributed by atoms with Gasteiger partial charge in [-0.15, -0.1) is 0 Å². The van der Waals surface area contributed by atoms with Crippen molar-refractivity contribution in [2.45, 2.75) is 68.3 Å². The van der Waals surface area contributed by atoms with E-state index in [-0.39, 0.29) is 22.9 Å². The Morgan fingerprint density at radius 2 is 2.07 bits per heavy atom. The molecule has 0 amide bonds. The summed E-state index contributed by atoms with van der Waals surface area (Å²) in [5.74, 6) is 1.89. The van der Waals surface area contributed by atoms with Crippen LogP contribution in [-0.2, 0) is 16.6 Å². The molecule has 152 valence electrons. The van der Waals surface area contributed by atoms with Crippen LogP contribution in [0, 0.1) is 11.3 Å². The number of likely N-dealkylation sites (tertiary alicyclic amines) is 1. The molecule has 2 spiro atoms. The predicted octanol–water partition coefficient (Wildman–Crippen LogP) is 2.52. The Morgan fingerprint density at radius 1 is 1.25 bits per heavy atom. The molecule has 1 saturated heterocycles. The maximum absolute atomic E-state index is 10.8. The van der Waals surface area contributed by atoms with E-state index in [2.05, 4.69) is 24.1 Å². The average molecular weight is 386 g/mol. The number of hydrogen-bond donors (Lipinski definition) is 1. The molecule has 28 heavy (non-hydrogen) atoms. The van der Waals surface area contributed by atoms with Gasteiger partial charge in [-0.25, -0.2) is 0 Å². The van der Waals surface area contributed by atoms with Crippen LogP contribution in [0.2, 0.25) is 0 Å². The van der Waals surface area contributed by atoms with Crippen molar-refractivity contribution in [1.82, 2.24) is 4.90 Å². The molecule has 6 aliphatic rings. The van der Waals surface area contributed by atoms with Crippen LogP contribution >= 0.6 is 0 Å². The Kier molecular flexibility index (Phi) is 3.28. The lowest BCUT2D eigenvalue weighted by molar-refractivity contribution is -0.287. The van der Waals surface area contributed by atoms with Gasteiger partial charge in [0.1, 0.15) is 11.7 Å². The summed E-state index contributed by atoms with van der Waals surface area (Å²) in [7, 11) is 5.84. The van der Waals surface area contributed by atoms with Crippen LogP contribution in [-0.4, -0.2) is 61.7 Å². The van der Waals surface area contributed by atoms with Crippen molar-refractivity contribution >= 4 is 0 Å². The number of aliphatic hydroxyl groups is 1. The Hall–Kier alpha value is -1.30. The number of rotatable bonds is 3. The molecule has 5 nitrogen and oxygen atoms in total. The van der Waals surface area contributed by atoms with Gasteiger partial charge in [0.25, 0.3) is 0 Å². The summed E-state index contributed by atoms with van der Waals surface area (Å²) in [4.78, 5) is 2.58. The molecule has 0 radical (unpaired) electrons. The van der Waals surface area contributed by atoms with Gasteiger partial charge in [-0.05, 0) is 64.3 Å². The second-order valence-electron chi connectivity index (χ2n) is 9.92. The van der Waals surface area contributed by atoms with Crippen LogP contribution < -0.4 is 9.47 Å². The maximum atomic E-state index is 10.8. The molecule has 0 aromatic heterocycles. The lowest BCUT2D eigenvalue weighted by Crippen LogP contribution is -2.81. The Labute approximate surface area is 167 Å². The molecule has 7 rings (SSSR count). The van der Waals surface area contributed by atoms with E-state index in [0.29, 0.717) is 6.04 Å². The van der Waals surface area contributed by atoms with Crippen molar-refractivity contribution in [3.05, 3.63) is 23.3 Å². The molecule has 5 heteroatoms. The minimum atomic E-state index is -0.435. The van der Waals surface area contributed by atoms with E-state index in [9.17, 15) is 5.11 Å². The SMILES string of the molecule is COc1ccc2c3c1O[C@@H]1C34CCN(C)C(C2)[C@]42CC[C@@]1(OC)C([C@H](C)O)C2. The monoisotopic (exact) mass is 385 g/mol. The highest BCUT2D eigenvalue weighted by Crippen LogP contribution is 2.76. The predicted molar refractivity (Wildman–Crippen MR) is 105 cm³/mol. The first kappa shape index (κ1) is 17.5. The summed E-state index contributed by atoms with van der Waals surface area (Å²) < 4.78 is 18.9. The van der Waals surface area contributed by atoms with Crippen LogP contribution in [0.3, 0.4) is 0 Å². The summed E-state index contributed by atoms with van der Waals surface area (Å²) in [5, 5.41) is 10.8. The van der Waals surface area contributed by atoms with Crippen LogP contribution in [0.1, 0.15) is 43.7 Å². The molecular weight excluding hydrogens is 354 g/mol. The van der Waals surface area contributed by atoms with E-state index in [1.54, 1.807) is 7.11 Å². The van der Waals surface area contributed by atoms with Crippen LogP contribution in [0.4, 0.5) is 0 Å². The van der Waals surface area contributed by atoms with Gasteiger partial charge in [-0.2, -0.15) is 0 Å². The lowest BCUT2D eigenvalue weighted by Gasteiger charge is -2.74. The molecule has 4 aliphatic carbocycles. The molecule has 7 atom stereocenters. The van der Waals surface area contributed by atoms with Crippen LogP contribution in [0.5, 0.6) is 11.5 Å². The number of hydrogen-bond acceptors (Lipinski definition) is 5. The van der Waals surface area contributed by atoms with Crippen molar-refractivity contribution in [2.75, 3.05) is 27.8 Å². The Balaban J connectivity index is 1.68. The molecule has 2 heterocycles. The molecular formula is C23H31NO4. The van der Waals surface area contributed by atoms with Crippen molar-refractivity contribution in [2.24, 2.45) is 11.3 Å². The second kappa shape index (κ2) is 5.24. The third-order valence-corrected chi connectivity index (χ3v) is 9.47. The molecule has 4 fully saturated rings. The highest BCUT2D eigenvalue weighted by molar-refractivity contribution is 5.63. The number of likely N-dealkylation sites (N-methyl/N-ethyl adjacent to an activating group) is 1. The van der Waals surface area contributed by atoms with E-state index in [1.165, 1.54) is 11.1 Å². The first-order valence-corrected chi connectivity index (χ1v) is 10.8. The van der Waals surface area contributed by atoms with Gasteiger partial charge in [0, 0.05) is 35.5 Å². The van der Waals surface area contributed by atoms with Gasteiger partial charge in [0.2, 0.25) is 0 Å². The normalized spacial score (nSPS) is 46.1. The molecule has 3 unspecified atom stereocenters. The summed E-state index contributed by atoms with van der Waals surface area (Å²) in [6.07, 6.45) is 4.83. The van der Waals surface area contributed by atoms with Crippen molar-refractivity contribution in [3.8, 4) is 11.5 Å². The minimum absolute atomic E-state index is 0.0265. The van der Waals surface area contributed by atoms with Crippen molar-refractivity contribution < 1.29 is 19.3 Å². The van der Waals surface area contributed by atoms with Gasteiger partial charge in [0.15, 0.2) is 11.5 Å². The van der Waals surface area contributed by atoms with Crippen LogP contribution in [0.25, 0.3) is 0 Å². The fraction of sp³-hybridized carbons (Fsp3) is 0.739. The van der Waals surface area contributed by atoms with Gasteiger partial charge >= 0.3 is 0 Å². The third kappa shape index (κ3) is 1.58. The first-order chi connectivity index (χ1) is 13.4. The smallest absolute Gasteiger partial charge is 0.165 e. The molecule has 2 aliphatic heterocycles. The quantitative estimate of drug-likeness (QED) is 0.867. The van der Waals surface area contributed by atoms with Gasteiger partial charge < -0.3 is 24.2 Å². The van der Waals surface area contributed by atoms with E-state index in [1.807, 2.05) is 14.0 Å². The van der Waals surface area contributed by atoms with E-state index < -0.39 is 11.7 Å². The molecule has 1 aromatic carbocycles. The van der Waals surface area contributed by atoms with E-state index in [4.69, 9.17) is 14.2 Å². The number of benzene rings is 1. The molecule has 1 aromatic rings. The molecule has 4 bridgehead atoms. The zero-order chi connectivity index (χ0) is 19.5. The standard InChI is InChI=1S/C23H31NO4/c1-13(25)15-12-21-7-8-23(15,27-4)20-22(21)9-10-24(2)17(21)11-14-5-6-16(26-3)19(28-20)18(14)22/h5-6,13,15,17,20,25H,7-12H2,1-4H3/t13-,15?,17?,20+,21+,22?,23+/m0/s1. The summed E-state index contributed by atoms with van der Waals surface area (Å²) in [6, 6.07) is 4.83. The fourth-order valence-electron chi connectivity index (χ4n) is 8.45. The van der Waals surface area contributed by atoms with Gasteiger partial charge in [-0.1, -0.05) is 6.07 Å². The fourth-order valence-corrected chi connectivity index (χ4v) is 8.45. The number of ether oxygens (including phenoxy) is 3. The topological polar surface area (TPSA) is 51.2 Å². The summed E-state index contributed by atoms with van der Waals surface area (Å²) in [5.41, 5.74) is 2.51. The Bertz CT molecular complexity index is 855. The van der Waals surface area contributed by atoms with Gasteiger partial charge in [0.05, 0.1) is 13.2 Å². The van der Waals surface area contributed by atoms with Crippen molar-refractivity contribution in [3.63, 3.8) is 0 Å². The minimum Gasteiger partial charge on any atom is -0.493 e. The number of methoxy groups -OCH3 is 2. The van der Waals surface area contributed by atoms with E-state index >= 15 is 0 Å². The summed E-state index contributed by atoms with van der Waals surface area (Å²) >= 11 is 0. The zero-order valence-corrected chi connectivity index (χ0v) is 17.3. The highest BCUT2D eigenvalue weighted by Gasteiger charge is 2.80. The average Bonchev–Trinajstić information content (AvgIpc) is 3.07. The first-order valence-electron chi connectivity index (χ1n) is 10.8. The third-order valence-electron chi connectivity index (χ3n) is 9.47. The van der Waals surface area contributed by atoms with Crippen molar-refractivity contribution in [1.29, 1.82) is 0 Å². The highest BCUT2D eigenvalue weighted by atomic mass is 16.6. The number of piperidine rings is 1. The van der Waals surface area contributed by atoms with Crippen LogP contribution in [0.15, 0.2) is 12.1 Å². The number of aliphatic hydroxyl groups excluding tert-OH is 1. The number of fused-ring (bicyclic) bond motifs is 2. The maximum Gasteiger partial charge on any atom is 0.165 e. The zero-order valence-electron chi connectivity index (χ0n) is 17.3. The van der Waals surface area contributed by atoms with Gasteiger partial charge in [-0.3, -0.25) is 0 Å². The number of nitrogens with zero attached hydrogens (tertiary/aromatic N) is 1. The second-order valence-corrected chi connectivity index (χ2v) is 9.92. The molecule has 1 N–H and O–H groups in total. The molecule has 3 saturated carbocycles. The van der Waals surface area contributed by atoms with E-state index in [0.717, 1.165) is 50.1 Å². The summed E-state index contributed by atoms with van der Waals surface area (Å²) in [6.45, 7) is 3.02. The Morgan fingerprint density at radius 3 is 2.79 bits per heavy atom. The lowest BCUT2D eigenvalue weighted by atomic mass is 9.34.